The first kappa shape index (κ1) is 19.8. The molecule has 10 heteroatoms. The van der Waals surface area contributed by atoms with Crippen LogP contribution in [0, 0.1) is 11.8 Å². The zero-order valence-corrected chi connectivity index (χ0v) is 14.9. The lowest BCUT2D eigenvalue weighted by Crippen LogP contribution is -2.19. The Labute approximate surface area is 160 Å². The maximum atomic E-state index is 14.1. The van der Waals surface area contributed by atoms with Crippen LogP contribution in [0.1, 0.15) is 16.1 Å². The van der Waals surface area contributed by atoms with Crippen LogP contribution in [0.2, 0.25) is 5.02 Å². The van der Waals surface area contributed by atoms with Gasteiger partial charge in [-0.2, -0.15) is 22.7 Å². The number of hydrogen-bond donors (Lipinski definition) is 1. The lowest BCUT2D eigenvalue weighted by Gasteiger charge is -2.13. The molecular weight excluding hydrogens is 405 g/mol. The van der Waals surface area contributed by atoms with Gasteiger partial charge in [0.25, 0.3) is 5.91 Å². The van der Waals surface area contributed by atoms with Gasteiger partial charge in [0.15, 0.2) is 5.69 Å². The summed E-state index contributed by atoms with van der Waals surface area (Å²) in [5.41, 5.74) is -2.14. The van der Waals surface area contributed by atoms with Crippen molar-refractivity contribution in [3.8, 4) is 11.1 Å². The fraction of sp³-hybridized carbons (Fsp3) is 0.111. The number of nitrogens with one attached hydrogen (secondary N) is 1. The largest absolute Gasteiger partial charge is 0.436 e. The molecule has 146 valence electrons. The first-order valence-corrected chi connectivity index (χ1v) is 8.13. The van der Waals surface area contributed by atoms with Gasteiger partial charge in [0.05, 0.1) is 5.02 Å². The number of rotatable bonds is 3. The molecule has 0 aliphatic heterocycles. The van der Waals surface area contributed by atoms with Crippen molar-refractivity contribution in [2.45, 2.75) is 6.18 Å². The van der Waals surface area contributed by atoms with E-state index in [2.05, 4.69) is 10.4 Å². The van der Waals surface area contributed by atoms with Gasteiger partial charge in [-0.3, -0.25) is 4.79 Å². The van der Waals surface area contributed by atoms with Crippen molar-refractivity contribution in [2.75, 3.05) is 5.32 Å². The van der Waals surface area contributed by atoms with Crippen LogP contribution in [0.3, 0.4) is 0 Å². The summed E-state index contributed by atoms with van der Waals surface area (Å²) in [5.74, 6) is -3.34. The van der Waals surface area contributed by atoms with Crippen LogP contribution < -0.4 is 5.32 Å². The van der Waals surface area contributed by atoms with Crippen molar-refractivity contribution in [3.63, 3.8) is 0 Å². The van der Waals surface area contributed by atoms with E-state index in [1.807, 2.05) is 0 Å². The Balaban J connectivity index is 2.04. The van der Waals surface area contributed by atoms with Crippen LogP contribution in [-0.4, -0.2) is 15.7 Å². The van der Waals surface area contributed by atoms with E-state index in [1.54, 1.807) is 6.07 Å². The number of carbonyl (C=O) groups excluding carboxylic acids is 1. The number of para-hydroxylation sites is 1. The van der Waals surface area contributed by atoms with Crippen molar-refractivity contribution in [2.24, 2.45) is 7.05 Å². The monoisotopic (exact) mass is 415 g/mol. The number of halogens is 6. The molecule has 1 heterocycles. The highest BCUT2D eigenvalue weighted by Gasteiger charge is 2.41. The zero-order chi connectivity index (χ0) is 20.6. The van der Waals surface area contributed by atoms with Crippen molar-refractivity contribution >= 4 is 23.2 Å². The van der Waals surface area contributed by atoms with Gasteiger partial charge in [0.2, 0.25) is 5.95 Å². The Morgan fingerprint density at radius 1 is 1.11 bits per heavy atom. The van der Waals surface area contributed by atoms with Crippen LogP contribution in [0.5, 0.6) is 0 Å². The van der Waals surface area contributed by atoms with Crippen LogP contribution in [0.4, 0.5) is 27.6 Å². The predicted octanol–water partition coefficient (Wildman–Crippen LogP) is 5.29. The molecule has 0 saturated carbocycles. The van der Waals surface area contributed by atoms with Crippen LogP contribution in [0.15, 0.2) is 42.5 Å². The first-order chi connectivity index (χ1) is 13.1. The molecule has 0 unspecified atom stereocenters. The molecule has 4 nitrogen and oxygen atoms in total. The van der Waals surface area contributed by atoms with Gasteiger partial charge in [-0.25, -0.2) is 9.07 Å². The number of carbonyl (C=O) groups is 1. The van der Waals surface area contributed by atoms with Gasteiger partial charge in [-0.05, 0) is 24.3 Å². The normalized spacial score (nSPS) is 11.5. The molecular formula is C18H11ClF5N3O. The fourth-order valence-electron chi connectivity index (χ4n) is 2.62. The molecule has 1 aromatic heterocycles. The number of anilines is 1. The number of alkyl halides is 3. The molecule has 0 aliphatic rings. The van der Waals surface area contributed by atoms with Gasteiger partial charge < -0.3 is 5.32 Å². The Kier molecular flexibility index (Phi) is 5.12. The highest BCUT2D eigenvalue weighted by Crippen LogP contribution is 2.35. The third-order valence-electron chi connectivity index (χ3n) is 3.87. The Morgan fingerprint density at radius 2 is 1.79 bits per heavy atom. The van der Waals surface area contributed by atoms with E-state index in [0.717, 1.165) is 19.2 Å². The van der Waals surface area contributed by atoms with Crippen molar-refractivity contribution in [1.82, 2.24) is 9.78 Å². The number of nitrogens with zero attached hydrogens (tertiary/aromatic N) is 2. The van der Waals surface area contributed by atoms with E-state index < -0.39 is 35.1 Å². The van der Waals surface area contributed by atoms with Gasteiger partial charge in [0.1, 0.15) is 11.4 Å². The standard InChI is InChI=1S/C18H11ClF5N3O/c1-27-16(21)14(15(26-27)18(22,23)24)17(28)25-13-5-3-2-4-11(13)10-7-6-9(20)8-12(10)19/h2-8H,1H3,(H,25,28). The lowest BCUT2D eigenvalue weighted by molar-refractivity contribution is -0.141. The fourth-order valence-corrected chi connectivity index (χ4v) is 2.89. The minimum atomic E-state index is -5.02. The summed E-state index contributed by atoms with van der Waals surface area (Å²) in [4.78, 5) is 12.4. The molecule has 0 fully saturated rings. The molecule has 3 rings (SSSR count). The third kappa shape index (κ3) is 3.70. The molecule has 1 amide bonds. The van der Waals surface area contributed by atoms with Gasteiger partial charge in [-0.15, -0.1) is 0 Å². The van der Waals surface area contributed by atoms with Crippen LogP contribution in [-0.2, 0) is 13.2 Å². The molecule has 2 aromatic carbocycles. The number of benzene rings is 2. The van der Waals surface area contributed by atoms with E-state index in [-0.39, 0.29) is 10.7 Å². The number of aromatic nitrogens is 2. The van der Waals surface area contributed by atoms with Gasteiger partial charge in [-0.1, -0.05) is 29.8 Å². The molecule has 1 N–H and O–H groups in total. The molecule has 0 saturated heterocycles. The van der Waals surface area contributed by atoms with Crippen molar-refractivity contribution < 1.29 is 26.7 Å². The summed E-state index contributed by atoms with van der Waals surface area (Å²) < 4.78 is 67.0. The van der Waals surface area contributed by atoms with Crippen LogP contribution in [0.25, 0.3) is 11.1 Å². The summed E-state index contributed by atoms with van der Waals surface area (Å²) in [6, 6.07) is 9.58. The summed E-state index contributed by atoms with van der Waals surface area (Å²) in [6.45, 7) is 0. The minimum Gasteiger partial charge on any atom is -0.321 e. The minimum absolute atomic E-state index is 0.0326. The molecule has 0 radical (unpaired) electrons. The second-order valence-corrected chi connectivity index (χ2v) is 6.17. The van der Waals surface area contributed by atoms with Crippen LogP contribution >= 0.6 is 11.6 Å². The average Bonchev–Trinajstić information content (AvgIpc) is 2.91. The van der Waals surface area contributed by atoms with E-state index in [4.69, 9.17) is 11.6 Å². The first-order valence-electron chi connectivity index (χ1n) is 7.75. The smallest absolute Gasteiger partial charge is 0.321 e. The highest BCUT2D eigenvalue weighted by molar-refractivity contribution is 6.33. The summed E-state index contributed by atoms with van der Waals surface area (Å²) in [7, 11) is 0.952. The number of aryl methyl sites for hydroxylation is 1. The number of hydrogen-bond acceptors (Lipinski definition) is 2. The Hall–Kier alpha value is -2.94. The molecule has 0 bridgehead atoms. The lowest BCUT2D eigenvalue weighted by atomic mass is 10.0. The second-order valence-electron chi connectivity index (χ2n) is 5.76. The zero-order valence-electron chi connectivity index (χ0n) is 14.1. The van der Waals surface area contributed by atoms with E-state index in [0.29, 0.717) is 15.8 Å². The average molecular weight is 416 g/mol. The third-order valence-corrected chi connectivity index (χ3v) is 4.18. The maximum Gasteiger partial charge on any atom is 0.436 e. The number of amides is 1. The topological polar surface area (TPSA) is 46.9 Å². The predicted molar refractivity (Wildman–Crippen MR) is 93.0 cm³/mol. The molecule has 3 aromatic rings. The molecule has 28 heavy (non-hydrogen) atoms. The van der Waals surface area contributed by atoms with Gasteiger partial charge in [0, 0.05) is 23.9 Å². The van der Waals surface area contributed by atoms with Crippen molar-refractivity contribution in [1.29, 1.82) is 0 Å². The Bertz CT molecular complexity index is 1060. The van der Waals surface area contributed by atoms with E-state index >= 15 is 0 Å². The highest BCUT2D eigenvalue weighted by atomic mass is 35.5. The summed E-state index contributed by atoms with van der Waals surface area (Å²) in [6.07, 6.45) is -5.02. The summed E-state index contributed by atoms with van der Waals surface area (Å²) >= 11 is 6.03. The Morgan fingerprint density at radius 3 is 2.43 bits per heavy atom. The SMILES string of the molecule is Cn1nc(C(F)(F)F)c(C(=O)Nc2ccccc2-c2ccc(F)cc2Cl)c1F. The van der Waals surface area contributed by atoms with Gasteiger partial charge >= 0.3 is 6.18 Å². The quantitative estimate of drug-likeness (QED) is 0.591. The molecule has 0 aliphatic carbocycles. The second kappa shape index (κ2) is 7.23. The van der Waals surface area contributed by atoms with E-state index in [1.165, 1.54) is 24.3 Å². The summed E-state index contributed by atoms with van der Waals surface area (Å²) in [5, 5.41) is 5.32. The van der Waals surface area contributed by atoms with Crippen molar-refractivity contribution in [3.05, 3.63) is 70.5 Å². The molecule has 0 spiro atoms. The maximum absolute atomic E-state index is 14.1. The molecule has 0 atom stereocenters. The van der Waals surface area contributed by atoms with E-state index in [9.17, 15) is 26.7 Å².